The van der Waals surface area contributed by atoms with Crippen molar-refractivity contribution in [3.8, 4) is 17.6 Å². The fourth-order valence-corrected chi connectivity index (χ4v) is 2.58. The summed E-state index contributed by atoms with van der Waals surface area (Å²) < 4.78 is 10.7. The van der Waals surface area contributed by atoms with Gasteiger partial charge in [0.25, 0.3) is 5.91 Å². The summed E-state index contributed by atoms with van der Waals surface area (Å²) in [4.78, 5) is 12.3. The topological polar surface area (TPSA) is 71.4 Å². The predicted octanol–water partition coefficient (Wildman–Crippen LogP) is 2.99. The van der Waals surface area contributed by atoms with Crippen LogP contribution in [0.15, 0.2) is 48.0 Å². The Labute approximate surface area is 146 Å². The van der Waals surface area contributed by atoms with Crippen LogP contribution in [0.2, 0.25) is 0 Å². The molecule has 2 aromatic carbocycles. The van der Waals surface area contributed by atoms with Crippen molar-refractivity contribution in [1.29, 1.82) is 5.26 Å². The zero-order valence-corrected chi connectivity index (χ0v) is 13.9. The Balaban J connectivity index is 1.68. The highest BCUT2D eigenvalue weighted by molar-refractivity contribution is 6.01. The number of carbonyl (C=O) groups excluding carboxylic acids is 1. The quantitative estimate of drug-likeness (QED) is 0.674. The SMILES string of the molecule is Cc1cc2c(cc1/C=C(\C#N)C(=O)NCCc1ccccc1)OCO2. The molecule has 0 saturated carbocycles. The Kier molecular flexibility index (Phi) is 5.00. The van der Waals surface area contributed by atoms with E-state index in [0.717, 1.165) is 16.7 Å². The van der Waals surface area contributed by atoms with Crippen LogP contribution in [0.25, 0.3) is 6.08 Å². The smallest absolute Gasteiger partial charge is 0.261 e. The highest BCUT2D eigenvalue weighted by atomic mass is 16.7. The molecule has 1 aliphatic heterocycles. The van der Waals surface area contributed by atoms with E-state index in [0.29, 0.717) is 24.5 Å². The second-order valence-electron chi connectivity index (χ2n) is 5.72. The van der Waals surface area contributed by atoms with Gasteiger partial charge in [-0.3, -0.25) is 4.79 Å². The molecule has 0 fully saturated rings. The summed E-state index contributed by atoms with van der Waals surface area (Å²) >= 11 is 0. The van der Waals surface area contributed by atoms with E-state index in [-0.39, 0.29) is 18.3 Å². The summed E-state index contributed by atoms with van der Waals surface area (Å²) in [5.74, 6) is 0.926. The minimum absolute atomic E-state index is 0.0648. The maximum atomic E-state index is 12.3. The first-order chi connectivity index (χ1) is 12.2. The third-order valence-corrected chi connectivity index (χ3v) is 3.97. The number of nitriles is 1. The van der Waals surface area contributed by atoms with Gasteiger partial charge in [0.05, 0.1) is 0 Å². The molecular formula is C20H18N2O3. The predicted molar refractivity (Wildman–Crippen MR) is 94.0 cm³/mol. The van der Waals surface area contributed by atoms with E-state index in [1.165, 1.54) is 0 Å². The second-order valence-corrected chi connectivity index (χ2v) is 5.72. The van der Waals surface area contributed by atoms with Crippen LogP contribution in [0.5, 0.6) is 11.5 Å². The first-order valence-corrected chi connectivity index (χ1v) is 8.01. The van der Waals surface area contributed by atoms with E-state index in [1.54, 1.807) is 12.1 Å². The molecule has 0 aromatic heterocycles. The summed E-state index contributed by atoms with van der Waals surface area (Å²) in [6.07, 6.45) is 2.30. The Morgan fingerprint density at radius 3 is 2.68 bits per heavy atom. The molecule has 1 aliphatic rings. The molecule has 126 valence electrons. The average molecular weight is 334 g/mol. The van der Waals surface area contributed by atoms with Crippen LogP contribution >= 0.6 is 0 Å². The van der Waals surface area contributed by atoms with Crippen LogP contribution in [0, 0.1) is 18.3 Å². The van der Waals surface area contributed by atoms with Crippen LogP contribution in [-0.4, -0.2) is 19.2 Å². The summed E-state index contributed by atoms with van der Waals surface area (Å²) in [7, 11) is 0. The van der Waals surface area contributed by atoms with Crippen molar-refractivity contribution in [3.63, 3.8) is 0 Å². The number of rotatable bonds is 5. The number of hydrogen-bond acceptors (Lipinski definition) is 4. The lowest BCUT2D eigenvalue weighted by Gasteiger charge is -2.06. The summed E-state index contributed by atoms with van der Waals surface area (Å²) in [6, 6.07) is 15.5. The van der Waals surface area contributed by atoms with Crippen LogP contribution in [0.4, 0.5) is 0 Å². The van der Waals surface area contributed by atoms with Crippen LogP contribution in [-0.2, 0) is 11.2 Å². The second kappa shape index (κ2) is 7.54. The first kappa shape index (κ1) is 16.6. The lowest BCUT2D eigenvalue weighted by molar-refractivity contribution is -0.117. The molecule has 2 aromatic rings. The normalized spacial score (nSPS) is 12.6. The van der Waals surface area contributed by atoms with Gasteiger partial charge in [0.2, 0.25) is 6.79 Å². The average Bonchev–Trinajstić information content (AvgIpc) is 3.07. The van der Waals surface area contributed by atoms with Gasteiger partial charge in [-0.25, -0.2) is 0 Å². The van der Waals surface area contributed by atoms with E-state index >= 15 is 0 Å². The van der Waals surface area contributed by atoms with Gasteiger partial charge in [-0.1, -0.05) is 30.3 Å². The molecule has 3 rings (SSSR count). The number of amides is 1. The molecule has 0 saturated heterocycles. The molecule has 5 heteroatoms. The lowest BCUT2D eigenvalue weighted by atomic mass is 10.0. The van der Waals surface area contributed by atoms with E-state index in [9.17, 15) is 10.1 Å². The summed E-state index contributed by atoms with van der Waals surface area (Å²) in [6.45, 7) is 2.56. The van der Waals surface area contributed by atoms with Crippen molar-refractivity contribution < 1.29 is 14.3 Å². The van der Waals surface area contributed by atoms with Crippen LogP contribution in [0.1, 0.15) is 16.7 Å². The molecule has 0 bridgehead atoms. The zero-order valence-electron chi connectivity index (χ0n) is 13.9. The molecule has 0 aliphatic carbocycles. The zero-order chi connectivity index (χ0) is 17.6. The van der Waals surface area contributed by atoms with Gasteiger partial charge >= 0.3 is 0 Å². The van der Waals surface area contributed by atoms with Gasteiger partial charge < -0.3 is 14.8 Å². The fraction of sp³-hybridized carbons (Fsp3) is 0.200. The number of benzene rings is 2. The molecule has 0 radical (unpaired) electrons. The minimum Gasteiger partial charge on any atom is -0.454 e. The molecule has 25 heavy (non-hydrogen) atoms. The summed E-state index contributed by atoms with van der Waals surface area (Å²) in [5.41, 5.74) is 2.88. The van der Waals surface area contributed by atoms with E-state index in [4.69, 9.17) is 9.47 Å². The van der Waals surface area contributed by atoms with Gasteiger partial charge in [-0.05, 0) is 48.2 Å². The van der Waals surface area contributed by atoms with Crippen molar-refractivity contribution in [3.05, 3.63) is 64.7 Å². The molecule has 1 heterocycles. The Bertz CT molecular complexity index is 851. The molecule has 1 N–H and O–H groups in total. The Morgan fingerprint density at radius 1 is 1.24 bits per heavy atom. The minimum atomic E-state index is -0.379. The van der Waals surface area contributed by atoms with Crippen LogP contribution in [0.3, 0.4) is 0 Å². The number of aryl methyl sites for hydroxylation is 1. The van der Waals surface area contributed by atoms with Gasteiger partial charge in [0.15, 0.2) is 11.5 Å². The maximum absolute atomic E-state index is 12.3. The van der Waals surface area contributed by atoms with Gasteiger partial charge in [-0.15, -0.1) is 0 Å². The van der Waals surface area contributed by atoms with Gasteiger partial charge in [0.1, 0.15) is 11.6 Å². The van der Waals surface area contributed by atoms with Crippen molar-refractivity contribution in [1.82, 2.24) is 5.32 Å². The highest BCUT2D eigenvalue weighted by Gasteiger charge is 2.16. The van der Waals surface area contributed by atoms with Crippen LogP contribution < -0.4 is 14.8 Å². The van der Waals surface area contributed by atoms with E-state index < -0.39 is 0 Å². The van der Waals surface area contributed by atoms with Gasteiger partial charge in [-0.2, -0.15) is 5.26 Å². The molecule has 0 unspecified atom stereocenters. The highest BCUT2D eigenvalue weighted by Crippen LogP contribution is 2.35. The molecule has 1 amide bonds. The Morgan fingerprint density at radius 2 is 1.96 bits per heavy atom. The molecule has 0 atom stereocenters. The third-order valence-electron chi connectivity index (χ3n) is 3.97. The van der Waals surface area contributed by atoms with E-state index in [2.05, 4.69) is 5.32 Å². The Hall–Kier alpha value is -3.26. The van der Waals surface area contributed by atoms with Gasteiger partial charge in [0, 0.05) is 6.54 Å². The van der Waals surface area contributed by atoms with Crippen molar-refractivity contribution in [2.24, 2.45) is 0 Å². The number of carbonyl (C=O) groups is 1. The number of nitrogens with one attached hydrogen (secondary N) is 1. The first-order valence-electron chi connectivity index (χ1n) is 8.01. The van der Waals surface area contributed by atoms with Crippen molar-refractivity contribution >= 4 is 12.0 Å². The van der Waals surface area contributed by atoms with E-state index in [1.807, 2.05) is 49.4 Å². The third kappa shape index (κ3) is 3.99. The largest absolute Gasteiger partial charge is 0.454 e. The molecule has 5 nitrogen and oxygen atoms in total. The lowest BCUT2D eigenvalue weighted by Crippen LogP contribution is -2.26. The standard InChI is InChI=1S/C20H18N2O3/c1-14-9-18-19(25-13-24-18)11-16(14)10-17(12-21)20(23)22-8-7-15-5-3-2-4-6-15/h2-6,9-11H,7-8,13H2,1H3,(H,22,23)/b17-10+. The number of hydrogen-bond donors (Lipinski definition) is 1. The number of fused-ring (bicyclic) bond motifs is 1. The maximum Gasteiger partial charge on any atom is 0.261 e. The number of nitrogens with zero attached hydrogens (tertiary/aromatic N) is 1. The molecule has 0 spiro atoms. The number of ether oxygens (including phenoxy) is 2. The van der Waals surface area contributed by atoms with Crippen molar-refractivity contribution in [2.45, 2.75) is 13.3 Å². The monoisotopic (exact) mass is 334 g/mol. The van der Waals surface area contributed by atoms with Crippen molar-refractivity contribution in [2.75, 3.05) is 13.3 Å². The molecular weight excluding hydrogens is 316 g/mol. The summed E-state index contributed by atoms with van der Waals surface area (Å²) in [5, 5.41) is 12.1. The fourth-order valence-electron chi connectivity index (χ4n) is 2.58.